The van der Waals surface area contributed by atoms with Crippen LogP contribution in [0.1, 0.15) is 26.2 Å². The molecule has 0 unspecified atom stereocenters. The van der Waals surface area contributed by atoms with Crippen LogP contribution in [0.25, 0.3) is 0 Å². The zero-order valence-corrected chi connectivity index (χ0v) is 7.30. The Kier molecular flexibility index (Phi) is 2.32. The van der Waals surface area contributed by atoms with Gasteiger partial charge < -0.3 is 5.73 Å². The van der Waals surface area contributed by atoms with Gasteiger partial charge in [-0.3, -0.25) is 4.99 Å². The van der Waals surface area contributed by atoms with Crippen LogP contribution in [0.3, 0.4) is 0 Å². The standard InChI is InChI=1S/C9H16N2/c1-9(4-5-9)7-8(11-2)3-6-10/h3,6H,4-5,7,10H2,1-2H3. The van der Waals surface area contributed by atoms with Gasteiger partial charge in [-0.25, -0.2) is 0 Å². The van der Waals surface area contributed by atoms with E-state index in [1.165, 1.54) is 12.8 Å². The van der Waals surface area contributed by atoms with Gasteiger partial charge in [0.25, 0.3) is 0 Å². The van der Waals surface area contributed by atoms with Crippen molar-refractivity contribution in [3.63, 3.8) is 0 Å². The Hall–Kier alpha value is -0.790. The lowest BCUT2D eigenvalue weighted by Gasteiger charge is -2.06. The zero-order chi connectivity index (χ0) is 8.32. The normalized spacial score (nSPS) is 22.5. The molecule has 2 heteroatoms. The minimum atomic E-state index is 0.536. The molecule has 1 aliphatic rings. The summed E-state index contributed by atoms with van der Waals surface area (Å²) in [5, 5.41) is 0. The van der Waals surface area contributed by atoms with Crippen LogP contribution in [0.4, 0.5) is 0 Å². The lowest BCUT2D eigenvalue weighted by molar-refractivity contribution is 0.604. The van der Waals surface area contributed by atoms with Crippen LogP contribution in [0.2, 0.25) is 0 Å². The van der Waals surface area contributed by atoms with Crippen LogP contribution in [0.15, 0.2) is 17.3 Å². The lowest BCUT2D eigenvalue weighted by Crippen LogP contribution is -2.03. The number of hydrogen-bond acceptors (Lipinski definition) is 2. The maximum absolute atomic E-state index is 5.28. The first kappa shape index (κ1) is 8.31. The van der Waals surface area contributed by atoms with Gasteiger partial charge >= 0.3 is 0 Å². The third-order valence-corrected chi connectivity index (χ3v) is 2.29. The molecule has 0 saturated heterocycles. The van der Waals surface area contributed by atoms with E-state index in [1.54, 1.807) is 6.20 Å². The quantitative estimate of drug-likeness (QED) is 0.614. The minimum absolute atomic E-state index is 0.536. The molecule has 0 radical (unpaired) electrons. The molecule has 0 atom stereocenters. The monoisotopic (exact) mass is 152 g/mol. The zero-order valence-electron chi connectivity index (χ0n) is 7.30. The first-order valence-electron chi connectivity index (χ1n) is 4.04. The number of hydrogen-bond donors (Lipinski definition) is 1. The third-order valence-electron chi connectivity index (χ3n) is 2.29. The van der Waals surface area contributed by atoms with E-state index in [-0.39, 0.29) is 0 Å². The van der Waals surface area contributed by atoms with Crippen LogP contribution in [-0.2, 0) is 0 Å². The Balaban J connectivity index is 2.45. The Labute approximate surface area is 68.2 Å². The Morgan fingerprint density at radius 1 is 1.64 bits per heavy atom. The Bertz CT molecular complexity index is 188. The van der Waals surface area contributed by atoms with Crippen molar-refractivity contribution in [1.29, 1.82) is 0 Å². The highest BCUT2D eigenvalue weighted by atomic mass is 14.7. The van der Waals surface area contributed by atoms with Crippen LogP contribution >= 0.6 is 0 Å². The van der Waals surface area contributed by atoms with Crippen molar-refractivity contribution in [2.75, 3.05) is 7.05 Å². The molecule has 0 aliphatic heterocycles. The van der Waals surface area contributed by atoms with Crippen molar-refractivity contribution in [1.82, 2.24) is 0 Å². The molecule has 0 aromatic heterocycles. The van der Waals surface area contributed by atoms with Crippen molar-refractivity contribution in [3.05, 3.63) is 12.3 Å². The second-order valence-electron chi connectivity index (χ2n) is 3.56. The number of aliphatic imine (C=N–C) groups is 1. The molecule has 2 N–H and O–H groups in total. The topological polar surface area (TPSA) is 38.4 Å². The fraction of sp³-hybridized carbons (Fsp3) is 0.667. The van der Waals surface area contributed by atoms with Crippen LogP contribution in [0, 0.1) is 5.41 Å². The largest absolute Gasteiger partial charge is 0.405 e. The lowest BCUT2D eigenvalue weighted by atomic mass is 10.0. The molecule has 11 heavy (non-hydrogen) atoms. The van der Waals surface area contributed by atoms with Crippen LogP contribution in [-0.4, -0.2) is 12.8 Å². The second-order valence-corrected chi connectivity index (χ2v) is 3.56. The molecule has 1 rings (SSSR count). The van der Waals surface area contributed by atoms with Crippen molar-refractivity contribution in [2.24, 2.45) is 16.1 Å². The first-order valence-corrected chi connectivity index (χ1v) is 4.04. The molecule has 0 aromatic carbocycles. The molecule has 0 spiro atoms. The van der Waals surface area contributed by atoms with Gasteiger partial charge in [-0.15, -0.1) is 0 Å². The SMILES string of the molecule is CN=C(C=CN)CC1(C)CC1. The third kappa shape index (κ3) is 2.37. The molecule has 0 amide bonds. The van der Waals surface area contributed by atoms with E-state index >= 15 is 0 Å². The number of nitrogens with two attached hydrogens (primary N) is 1. The fourth-order valence-corrected chi connectivity index (χ4v) is 1.15. The van der Waals surface area contributed by atoms with Crippen LogP contribution < -0.4 is 5.73 Å². The number of nitrogens with zero attached hydrogens (tertiary/aromatic N) is 1. The summed E-state index contributed by atoms with van der Waals surface area (Å²) < 4.78 is 0. The highest BCUT2D eigenvalue weighted by Crippen LogP contribution is 2.48. The summed E-state index contributed by atoms with van der Waals surface area (Å²) >= 11 is 0. The average molecular weight is 152 g/mol. The molecule has 0 bridgehead atoms. The van der Waals surface area contributed by atoms with Crippen molar-refractivity contribution in [2.45, 2.75) is 26.2 Å². The van der Waals surface area contributed by atoms with Gasteiger partial charge in [-0.05, 0) is 37.0 Å². The van der Waals surface area contributed by atoms with E-state index in [0.717, 1.165) is 12.1 Å². The summed E-state index contributed by atoms with van der Waals surface area (Å²) in [6.45, 7) is 2.29. The summed E-state index contributed by atoms with van der Waals surface area (Å²) in [6, 6.07) is 0. The second kappa shape index (κ2) is 3.07. The van der Waals surface area contributed by atoms with E-state index in [9.17, 15) is 0 Å². The Morgan fingerprint density at radius 2 is 2.27 bits per heavy atom. The van der Waals surface area contributed by atoms with E-state index < -0.39 is 0 Å². The molecular weight excluding hydrogens is 136 g/mol. The Morgan fingerprint density at radius 3 is 2.64 bits per heavy atom. The highest BCUT2D eigenvalue weighted by Gasteiger charge is 2.37. The highest BCUT2D eigenvalue weighted by molar-refractivity contribution is 5.95. The first-order chi connectivity index (χ1) is 5.20. The van der Waals surface area contributed by atoms with E-state index in [0.29, 0.717) is 5.41 Å². The van der Waals surface area contributed by atoms with E-state index in [1.807, 2.05) is 13.1 Å². The summed E-state index contributed by atoms with van der Waals surface area (Å²) in [7, 11) is 1.82. The molecule has 1 saturated carbocycles. The summed E-state index contributed by atoms with van der Waals surface area (Å²) in [6.07, 6.45) is 7.21. The van der Waals surface area contributed by atoms with Crippen LogP contribution in [0.5, 0.6) is 0 Å². The van der Waals surface area contributed by atoms with Gasteiger partial charge in [-0.2, -0.15) is 0 Å². The smallest absolute Gasteiger partial charge is 0.0364 e. The van der Waals surface area contributed by atoms with Gasteiger partial charge in [0.05, 0.1) is 0 Å². The van der Waals surface area contributed by atoms with Crippen molar-refractivity contribution < 1.29 is 0 Å². The maximum Gasteiger partial charge on any atom is 0.0364 e. The molecule has 1 fully saturated rings. The molecule has 0 heterocycles. The van der Waals surface area contributed by atoms with Gasteiger partial charge in [-0.1, -0.05) is 6.92 Å². The number of allylic oxidation sites excluding steroid dienone is 1. The fourth-order valence-electron chi connectivity index (χ4n) is 1.15. The minimum Gasteiger partial charge on any atom is -0.405 e. The molecule has 2 nitrogen and oxygen atoms in total. The van der Waals surface area contributed by atoms with Gasteiger partial charge in [0.15, 0.2) is 0 Å². The molecule has 1 aliphatic carbocycles. The van der Waals surface area contributed by atoms with Gasteiger partial charge in [0, 0.05) is 12.8 Å². The summed E-state index contributed by atoms with van der Waals surface area (Å²) in [5.74, 6) is 0. The predicted octanol–water partition coefficient (Wildman–Crippen LogP) is 1.72. The molecule has 62 valence electrons. The number of rotatable bonds is 3. The van der Waals surface area contributed by atoms with Gasteiger partial charge in [0.2, 0.25) is 0 Å². The van der Waals surface area contributed by atoms with Crippen molar-refractivity contribution in [3.8, 4) is 0 Å². The summed E-state index contributed by atoms with van der Waals surface area (Å²) in [4.78, 5) is 4.15. The van der Waals surface area contributed by atoms with E-state index in [2.05, 4.69) is 11.9 Å². The van der Waals surface area contributed by atoms with Gasteiger partial charge in [0.1, 0.15) is 0 Å². The molecule has 0 aromatic rings. The summed E-state index contributed by atoms with van der Waals surface area (Å²) in [5.41, 5.74) is 6.94. The predicted molar refractivity (Wildman–Crippen MR) is 48.6 cm³/mol. The maximum atomic E-state index is 5.28. The van der Waals surface area contributed by atoms with E-state index in [4.69, 9.17) is 5.73 Å². The van der Waals surface area contributed by atoms with Crippen molar-refractivity contribution >= 4 is 5.71 Å². The molecular formula is C9H16N2. The average Bonchev–Trinajstić information content (AvgIpc) is 2.68.